The third-order valence-corrected chi connectivity index (χ3v) is 3.67. The van der Waals surface area contributed by atoms with Gasteiger partial charge in [0.1, 0.15) is 5.78 Å². The van der Waals surface area contributed by atoms with Gasteiger partial charge in [0, 0.05) is 12.3 Å². The van der Waals surface area contributed by atoms with Crippen molar-refractivity contribution in [3.8, 4) is 0 Å². The molecule has 0 aromatic carbocycles. The fraction of sp³-hybridized carbons (Fsp3) is 0.923. The molecule has 88 valence electrons. The molecule has 1 nitrogen and oxygen atoms in total. The highest BCUT2D eigenvalue weighted by molar-refractivity contribution is 5.81. The van der Waals surface area contributed by atoms with Gasteiger partial charge >= 0.3 is 0 Å². The Morgan fingerprint density at radius 1 is 1.40 bits per heavy atom. The maximum Gasteiger partial charge on any atom is 0.135 e. The summed E-state index contributed by atoms with van der Waals surface area (Å²) < 4.78 is 12.1. The van der Waals surface area contributed by atoms with Crippen LogP contribution in [0, 0.1) is 17.3 Å². The van der Waals surface area contributed by atoms with E-state index >= 15 is 0 Å². The average molecular weight is 214 g/mol. The van der Waals surface area contributed by atoms with Crippen molar-refractivity contribution in [3.05, 3.63) is 0 Å². The summed E-state index contributed by atoms with van der Waals surface area (Å²) in [5.41, 5.74) is 0.286. The van der Waals surface area contributed by atoms with Crippen molar-refractivity contribution in [1.82, 2.24) is 0 Å². The molecule has 1 aliphatic carbocycles. The second-order valence-electron chi connectivity index (χ2n) is 5.83. The van der Waals surface area contributed by atoms with Crippen LogP contribution in [0.1, 0.15) is 52.9 Å². The van der Waals surface area contributed by atoms with Crippen molar-refractivity contribution >= 4 is 5.78 Å². The Labute approximate surface area is 92.4 Å². The van der Waals surface area contributed by atoms with Gasteiger partial charge in [-0.2, -0.15) is 0 Å². The number of rotatable bonds is 3. The van der Waals surface area contributed by atoms with Crippen LogP contribution in [0.2, 0.25) is 0 Å². The van der Waals surface area contributed by atoms with E-state index in [1.165, 1.54) is 0 Å². The Morgan fingerprint density at radius 2 is 2.07 bits per heavy atom. The Hall–Kier alpha value is -0.400. The summed E-state index contributed by atoms with van der Waals surface area (Å²) in [6.45, 7) is 6.42. The van der Waals surface area contributed by atoms with Crippen molar-refractivity contribution < 1.29 is 9.18 Å². The number of hydrogen-bond donors (Lipinski definition) is 0. The number of hydrogen-bond acceptors (Lipinski definition) is 1. The summed E-state index contributed by atoms with van der Waals surface area (Å²) in [5, 5.41) is 0. The largest absolute Gasteiger partial charge is 0.299 e. The van der Waals surface area contributed by atoms with Gasteiger partial charge < -0.3 is 0 Å². The van der Waals surface area contributed by atoms with Crippen molar-refractivity contribution in [2.75, 3.05) is 6.67 Å². The van der Waals surface area contributed by atoms with Crippen LogP contribution in [0.15, 0.2) is 0 Å². The Morgan fingerprint density at radius 3 is 2.60 bits per heavy atom. The summed E-state index contributed by atoms with van der Waals surface area (Å²) >= 11 is 0. The first-order valence-corrected chi connectivity index (χ1v) is 6.04. The predicted octanol–water partition coefficient (Wildman–Crippen LogP) is 3.77. The molecule has 0 radical (unpaired) electrons. The molecule has 0 spiro atoms. The highest BCUT2D eigenvalue weighted by Gasteiger charge is 2.34. The van der Waals surface area contributed by atoms with Crippen LogP contribution in [0.5, 0.6) is 0 Å². The number of halogens is 1. The average Bonchev–Trinajstić information content (AvgIpc) is 2.15. The summed E-state index contributed by atoms with van der Waals surface area (Å²) in [6, 6.07) is 0. The highest BCUT2D eigenvalue weighted by Crippen LogP contribution is 2.40. The molecule has 1 rings (SSSR count). The number of Topliss-reactive ketones (excluding diaryl/α,β-unsaturated/α-hetero) is 1. The van der Waals surface area contributed by atoms with Gasteiger partial charge in [0.2, 0.25) is 0 Å². The third-order valence-electron chi connectivity index (χ3n) is 3.67. The fourth-order valence-electron chi connectivity index (χ4n) is 2.50. The molecular formula is C13H23FO. The van der Waals surface area contributed by atoms with Gasteiger partial charge in [-0.05, 0) is 37.0 Å². The predicted molar refractivity (Wildman–Crippen MR) is 60.5 cm³/mol. The SMILES string of the molecule is CC(C)(C)C1CCC(=O)C(CCCF)C1. The molecule has 0 N–H and O–H groups in total. The lowest BCUT2D eigenvalue weighted by Gasteiger charge is -2.37. The standard InChI is InChI=1S/C13H23FO/c1-13(2,3)11-6-7-12(15)10(9-11)5-4-8-14/h10-11H,4-9H2,1-3H3. The molecule has 1 saturated carbocycles. The molecule has 0 aliphatic heterocycles. The lowest BCUT2D eigenvalue weighted by Crippen LogP contribution is -2.32. The third kappa shape index (κ3) is 3.58. The molecule has 0 aromatic rings. The van der Waals surface area contributed by atoms with Crippen LogP contribution < -0.4 is 0 Å². The van der Waals surface area contributed by atoms with Crippen LogP contribution in [0.3, 0.4) is 0 Å². The second-order valence-corrected chi connectivity index (χ2v) is 5.83. The molecule has 0 saturated heterocycles. The van der Waals surface area contributed by atoms with Crippen LogP contribution in [0.4, 0.5) is 4.39 Å². The van der Waals surface area contributed by atoms with Crippen LogP contribution in [-0.2, 0) is 4.79 Å². The lowest BCUT2D eigenvalue weighted by molar-refractivity contribution is -0.126. The minimum Gasteiger partial charge on any atom is -0.299 e. The number of ketones is 1. The second kappa shape index (κ2) is 5.09. The van der Waals surface area contributed by atoms with Crippen molar-refractivity contribution in [2.45, 2.75) is 52.9 Å². The van der Waals surface area contributed by atoms with Crippen LogP contribution in [-0.4, -0.2) is 12.5 Å². The maximum atomic E-state index is 12.1. The molecule has 0 aromatic heterocycles. The monoisotopic (exact) mass is 214 g/mol. The molecule has 2 atom stereocenters. The molecule has 2 unspecified atom stereocenters. The van der Waals surface area contributed by atoms with Crippen molar-refractivity contribution in [2.24, 2.45) is 17.3 Å². The fourth-order valence-corrected chi connectivity index (χ4v) is 2.50. The normalized spacial score (nSPS) is 28.1. The van der Waals surface area contributed by atoms with E-state index in [1.54, 1.807) is 0 Å². The van der Waals surface area contributed by atoms with E-state index in [9.17, 15) is 9.18 Å². The zero-order valence-electron chi connectivity index (χ0n) is 10.2. The minimum absolute atomic E-state index is 0.138. The molecule has 1 aliphatic rings. The topological polar surface area (TPSA) is 17.1 Å². The van der Waals surface area contributed by atoms with E-state index < -0.39 is 0 Å². The quantitative estimate of drug-likeness (QED) is 0.699. The Balaban J connectivity index is 2.52. The molecule has 0 bridgehead atoms. The maximum absolute atomic E-state index is 12.1. The minimum atomic E-state index is -0.288. The van der Waals surface area contributed by atoms with Crippen LogP contribution in [0.25, 0.3) is 0 Å². The van der Waals surface area contributed by atoms with E-state index in [-0.39, 0.29) is 18.0 Å². The molecule has 15 heavy (non-hydrogen) atoms. The zero-order chi connectivity index (χ0) is 11.5. The number of carbonyl (C=O) groups is 1. The van der Waals surface area contributed by atoms with E-state index in [2.05, 4.69) is 20.8 Å². The molecule has 1 fully saturated rings. The number of alkyl halides is 1. The van der Waals surface area contributed by atoms with E-state index in [0.29, 0.717) is 24.5 Å². The van der Waals surface area contributed by atoms with E-state index in [0.717, 1.165) is 19.3 Å². The first kappa shape index (κ1) is 12.7. The first-order chi connectivity index (χ1) is 6.95. The van der Waals surface area contributed by atoms with Gasteiger partial charge in [-0.15, -0.1) is 0 Å². The van der Waals surface area contributed by atoms with Crippen molar-refractivity contribution in [1.29, 1.82) is 0 Å². The zero-order valence-corrected chi connectivity index (χ0v) is 10.2. The van der Waals surface area contributed by atoms with Gasteiger partial charge in [0.25, 0.3) is 0 Å². The highest BCUT2D eigenvalue weighted by atomic mass is 19.1. The molecule has 2 heteroatoms. The summed E-state index contributed by atoms with van der Waals surface area (Å²) in [5.74, 6) is 1.13. The molecule has 0 heterocycles. The Bertz CT molecular complexity index is 217. The lowest BCUT2D eigenvalue weighted by atomic mass is 9.68. The van der Waals surface area contributed by atoms with Gasteiger partial charge in [0.05, 0.1) is 6.67 Å². The van der Waals surface area contributed by atoms with E-state index in [4.69, 9.17) is 0 Å². The molecular weight excluding hydrogens is 191 g/mol. The first-order valence-electron chi connectivity index (χ1n) is 6.04. The van der Waals surface area contributed by atoms with Crippen LogP contribution >= 0.6 is 0 Å². The van der Waals surface area contributed by atoms with Crippen molar-refractivity contribution in [3.63, 3.8) is 0 Å². The summed E-state index contributed by atoms with van der Waals surface area (Å²) in [7, 11) is 0. The Kier molecular flexibility index (Phi) is 4.30. The van der Waals surface area contributed by atoms with E-state index in [1.807, 2.05) is 0 Å². The summed E-state index contributed by atoms with van der Waals surface area (Å²) in [4.78, 5) is 11.7. The van der Waals surface area contributed by atoms with Gasteiger partial charge in [0.15, 0.2) is 0 Å². The number of carbonyl (C=O) groups excluding carboxylic acids is 1. The van der Waals surface area contributed by atoms with Gasteiger partial charge in [-0.25, -0.2) is 0 Å². The molecule has 0 amide bonds. The van der Waals surface area contributed by atoms with Gasteiger partial charge in [-0.1, -0.05) is 20.8 Å². The smallest absolute Gasteiger partial charge is 0.135 e. The van der Waals surface area contributed by atoms with Gasteiger partial charge in [-0.3, -0.25) is 9.18 Å². The summed E-state index contributed by atoms with van der Waals surface area (Å²) in [6.07, 6.45) is 4.00.